The largest absolute Gasteiger partial charge is 0.449 e. The summed E-state index contributed by atoms with van der Waals surface area (Å²) >= 11 is 12.1. The molecule has 7 nitrogen and oxygen atoms in total. The zero-order valence-corrected chi connectivity index (χ0v) is 18.6. The molecule has 5 rings (SSSR count). The van der Waals surface area contributed by atoms with Crippen LogP contribution in [0.15, 0.2) is 50.2 Å². The quantitative estimate of drug-likeness (QED) is 0.437. The number of halogens is 2. The first kappa shape index (κ1) is 20.7. The van der Waals surface area contributed by atoms with Crippen molar-refractivity contribution < 1.29 is 18.6 Å². The third kappa shape index (κ3) is 3.67. The second-order valence-electron chi connectivity index (χ2n) is 7.75. The molecule has 0 spiro atoms. The molecule has 0 atom stereocenters. The SMILES string of the molecule is C[n+]1onc(NC(=O)c2cc(=O)c3cc(Cl)cc(Cl)c3o2)c1-c1ccc2c(c1)CCCC2. The summed E-state index contributed by atoms with van der Waals surface area (Å²) in [5.41, 5.74) is 3.79. The lowest BCUT2D eigenvalue weighted by molar-refractivity contribution is -0.845. The van der Waals surface area contributed by atoms with Crippen LogP contribution in [-0.2, 0) is 19.9 Å². The fourth-order valence-electron chi connectivity index (χ4n) is 4.08. The zero-order chi connectivity index (χ0) is 22.4. The van der Waals surface area contributed by atoms with Crippen LogP contribution in [0.5, 0.6) is 0 Å². The molecular weight excluding hydrogens is 453 g/mol. The summed E-state index contributed by atoms with van der Waals surface area (Å²) in [6, 6.07) is 10.2. The number of amides is 1. The van der Waals surface area contributed by atoms with E-state index in [1.165, 1.54) is 34.4 Å². The summed E-state index contributed by atoms with van der Waals surface area (Å²) in [5, 5.41) is 7.30. The van der Waals surface area contributed by atoms with Gasteiger partial charge in [-0.15, -0.1) is 0 Å². The summed E-state index contributed by atoms with van der Waals surface area (Å²) in [6.07, 6.45) is 4.45. The van der Waals surface area contributed by atoms with E-state index in [0.717, 1.165) is 30.9 Å². The maximum absolute atomic E-state index is 12.9. The number of carbonyl (C=O) groups excluding carboxylic acids is 1. The monoisotopic (exact) mass is 470 g/mol. The summed E-state index contributed by atoms with van der Waals surface area (Å²) in [5.74, 6) is -0.630. The van der Waals surface area contributed by atoms with E-state index in [9.17, 15) is 9.59 Å². The average Bonchev–Trinajstić information content (AvgIpc) is 3.13. The number of aromatic nitrogens is 2. The molecule has 1 aliphatic rings. The first-order valence-corrected chi connectivity index (χ1v) is 10.9. The van der Waals surface area contributed by atoms with Gasteiger partial charge in [0.25, 0.3) is 5.91 Å². The van der Waals surface area contributed by atoms with E-state index in [0.29, 0.717) is 10.7 Å². The zero-order valence-electron chi connectivity index (χ0n) is 17.1. The predicted molar refractivity (Wildman–Crippen MR) is 120 cm³/mol. The highest BCUT2D eigenvalue weighted by molar-refractivity contribution is 6.38. The number of carbonyl (C=O) groups is 1. The highest BCUT2D eigenvalue weighted by Gasteiger charge is 2.28. The van der Waals surface area contributed by atoms with E-state index < -0.39 is 11.3 Å². The number of hydrogen-bond acceptors (Lipinski definition) is 5. The Morgan fingerprint density at radius 3 is 2.69 bits per heavy atom. The average molecular weight is 471 g/mol. The molecule has 0 fully saturated rings. The number of rotatable bonds is 3. The van der Waals surface area contributed by atoms with Gasteiger partial charge in [0.2, 0.25) is 5.69 Å². The first-order valence-electron chi connectivity index (χ1n) is 10.1. The Labute approximate surface area is 192 Å². The van der Waals surface area contributed by atoms with Gasteiger partial charge in [0.05, 0.1) is 10.4 Å². The fraction of sp³-hybridized carbons (Fsp3) is 0.217. The van der Waals surface area contributed by atoms with Crippen molar-refractivity contribution in [3.8, 4) is 11.3 Å². The second-order valence-corrected chi connectivity index (χ2v) is 8.60. The van der Waals surface area contributed by atoms with Crippen molar-refractivity contribution in [2.45, 2.75) is 25.7 Å². The maximum Gasteiger partial charge on any atom is 0.347 e. The van der Waals surface area contributed by atoms with Crippen LogP contribution in [0.1, 0.15) is 34.5 Å². The standard InChI is InChI=1S/C23H17Cl2N3O4/c1-28-20(14-7-6-12-4-2-3-5-13(12)8-14)22(27-32-28)26-23(30)19-11-18(29)16-9-15(24)10-17(25)21(16)31-19/h6-11H,2-5H2,1H3/p+1. The second kappa shape index (κ2) is 8.07. The fourth-order valence-corrected chi connectivity index (χ4v) is 4.61. The highest BCUT2D eigenvalue weighted by atomic mass is 35.5. The van der Waals surface area contributed by atoms with Crippen molar-refractivity contribution in [2.75, 3.05) is 5.32 Å². The van der Waals surface area contributed by atoms with Crippen molar-refractivity contribution in [3.05, 3.63) is 73.6 Å². The van der Waals surface area contributed by atoms with Crippen LogP contribution < -0.4 is 15.5 Å². The van der Waals surface area contributed by atoms with Gasteiger partial charge in [0, 0.05) is 16.7 Å². The van der Waals surface area contributed by atoms with Crippen LogP contribution >= 0.6 is 23.2 Å². The van der Waals surface area contributed by atoms with Gasteiger partial charge in [-0.25, -0.2) is 0 Å². The molecule has 32 heavy (non-hydrogen) atoms. The van der Waals surface area contributed by atoms with Crippen molar-refractivity contribution in [1.82, 2.24) is 5.16 Å². The lowest BCUT2D eigenvalue weighted by atomic mass is 9.90. The minimum Gasteiger partial charge on any atom is -0.449 e. The number of fused-ring (bicyclic) bond motifs is 2. The van der Waals surface area contributed by atoms with Gasteiger partial charge in [-0.2, -0.15) is 0 Å². The normalized spacial score (nSPS) is 13.2. The smallest absolute Gasteiger partial charge is 0.347 e. The van der Waals surface area contributed by atoms with Crippen LogP contribution in [0.25, 0.3) is 22.2 Å². The molecule has 0 saturated heterocycles. The molecule has 1 amide bonds. The van der Waals surface area contributed by atoms with Gasteiger partial charge in [-0.05, 0) is 55.0 Å². The van der Waals surface area contributed by atoms with Crippen LogP contribution in [-0.4, -0.2) is 11.1 Å². The summed E-state index contributed by atoms with van der Waals surface area (Å²) < 4.78 is 12.4. The van der Waals surface area contributed by atoms with Crippen molar-refractivity contribution in [1.29, 1.82) is 0 Å². The molecule has 0 radical (unpaired) electrons. The van der Waals surface area contributed by atoms with Crippen molar-refractivity contribution in [3.63, 3.8) is 0 Å². The Hall–Kier alpha value is -3.16. The van der Waals surface area contributed by atoms with Gasteiger partial charge < -0.3 is 4.42 Å². The summed E-state index contributed by atoms with van der Waals surface area (Å²) in [7, 11) is 1.71. The number of nitrogens with zero attached hydrogens (tertiary/aromatic N) is 2. The molecule has 2 aromatic heterocycles. The summed E-state index contributed by atoms with van der Waals surface area (Å²) in [4.78, 5) is 25.4. The maximum atomic E-state index is 12.9. The molecule has 4 aromatic rings. The molecule has 2 heterocycles. The Morgan fingerprint density at radius 1 is 1.09 bits per heavy atom. The van der Waals surface area contributed by atoms with E-state index in [2.05, 4.69) is 22.6 Å². The predicted octanol–water partition coefficient (Wildman–Crippen LogP) is 4.71. The molecular formula is C23H18Cl2N3O4+. The van der Waals surface area contributed by atoms with Crippen LogP contribution in [0.4, 0.5) is 5.82 Å². The Morgan fingerprint density at radius 2 is 1.88 bits per heavy atom. The molecule has 0 bridgehead atoms. The molecule has 0 unspecified atom stereocenters. The molecule has 9 heteroatoms. The van der Waals surface area contributed by atoms with E-state index in [1.54, 1.807) is 7.05 Å². The Bertz CT molecular complexity index is 1440. The first-order chi connectivity index (χ1) is 15.4. The summed E-state index contributed by atoms with van der Waals surface area (Å²) in [6.45, 7) is 0. The van der Waals surface area contributed by atoms with Gasteiger partial charge in [-0.1, -0.05) is 44.7 Å². The van der Waals surface area contributed by atoms with E-state index in [1.807, 2.05) is 6.07 Å². The van der Waals surface area contributed by atoms with E-state index >= 15 is 0 Å². The van der Waals surface area contributed by atoms with Gasteiger partial charge in [0.1, 0.15) is 7.05 Å². The van der Waals surface area contributed by atoms with Gasteiger partial charge in [0.15, 0.2) is 21.9 Å². The minimum atomic E-state index is -0.650. The third-order valence-corrected chi connectivity index (χ3v) is 6.12. The van der Waals surface area contributed by atoms with Crippen molar-refractivity contribution >= 4 is 45.9 Å². The Kier molecular flexibility index (Phi) is 5.23. The lowest BCUT2D eigenvalue weighted by Crippen LogP contribution is -2.28. The number of hydrogen-bond donors (Lipinski definition) is 1. The molecule has 1 aliphatic carbocycles. The van der Waals surface area contributed by atoms with Crippen LogP contribution in [0.3, 0.4) is 0 Å². The molecule has 162 valence electrons. The van der Waals surface area contributed by atoms with Crippen LogP contribution in [0.2, 0.25) is 10.0 Å². The number of anilines is 1. The molecule has 0 aliphatic heterocycles. The highest BCUT2D eigenvalue weighted by Crippen LogP contribution is 2.30. The van der Waals surface area contributed by atoms with E-state index in [4.69, 9.17) is 32.2 Å². The molecule has 0 saturated carbocycles. The lowest BCUT2D eigenvalue weighted by Gasteiger charge is -2.15. The number of aryl methyl sites for hydroxylation is 3. The van der Waals surface area contributed by atoms with Gasteiger partial charge >= 0.3 is 5.82 Å². The molecule has 2 aromatic carbocycles. The van der Waals surface area contributed by atoms with Crippen molar-refractivity contribution in [2.24, 2.45) is 7.05 Å². The minimum absolute atomic E-state index is 0.0920. The number of benzene rings is 2. The number of nitrogens with one attached hydrogen (secondary N) is 1. The van der Waals surface area contributed by atoms with Gasteiger partial charge in [-0.3, -0.25) is 14.9 Å². The third-order valence-electron chi connectivity index (χ3n) is 5.62. The van der Waals surface area contributed by atoms with E-state index in [-0.39, 0.29) is 27.6 Å². The topological polar surface area (TPSA) is 89.2 Å². The van der Waals surface area contributed by atoms with Crippen LogP contribution in [0, 0.1) is 0 Å². The molecule has 1 N–H and O–H groups in total. The Balaban J connectivity index is 1.51.